The number of hydrogen-bond acceptors (Lipinski definition) is 9. The number of nitrogens with one attached hydrogen (secondary N) is 1. The van der Waals surface area contributed by atoms with Gasteiger partial charge in [-0.1, -0.05) is 13.0 Å². The van der Waals surface area contributed by atoms with Gasteiger partial charge in [0.15, 0.2) is 0 Å². The molecule has 0 aromatic heterocycles. The average Bonchev–Trinajstić information content (AvgIpc) is 3.40. The Bertz CT molecular complexity index is 1810. The van der Waals surface area contributed by atoms with E-state index in [0.29, 0.717) is 17.8 Å². The van der Waals surface area contributed by atoms with Crippen molar-refractivity contribution < 1.29 is 43.0 Å². The van der Waals surface area contributed by atoms with E-state index in [9.17, 15) is 28.8 Å². The highest BCUT2D eigenvalue weighted by Gasteiger charge is 2.25. The molecule has 224 valence electrons. The van der Waals surface area contributed by atoms with Crippen LogP contribution < -0.4 is 24.4 Å². The van der Waals surface area contributed by atoms with Gasteiger partial charge in [-0.15, -0.1) is 0 Å². The molecule has 0 saturated carbocycles. The van der Waals surface area contributed by atoms with Crippen LogP contribution in [-0.4, -0.2) is 35.6 Å². The molecule has 4 aromatic carbocycles. The van der Waals surface area contributed by atoms with Gasteiger partial charge in [0.25, 0.3) is 11.8 Å². The van der Waals surface area contributed by atoms with E-state index in [1.165, 1.54) is 97.1 Å². The minimum atomic E-state index is -0.726. The Morgan fingerprint density at radius 3 is 1.51 bits per heavy atom. The summed E-state index contributed by atoms with van der Waals surface area (Å²) in [4.78, 5) is 74.2. The largest absolute Gasteiger partial charge is 0.423 e. The van der Waals surface area contributed by atoms with Crippen LogP contribution >= 0.6 is 0 Å². The van der Waals surface area contributed by atoms with Crippen LogP contribution in [0.25, 0.3) is 0 Å². The third-order valence-electron chi connectivity index (χ3n) is 6.42. The van der Waals surface area contributed by atoms with Crippen LogP contribution in [0.4, 0.5) is 11.4 Å². The van der Waals surface area contributed by atoms with E-state index in [1.54, 1.807) is 19.1 Å². The highest BCUT2D eigenvalue weighted by molar-refractivity contribution is 6.28. The molecule has 0 unspecified atom stereocenters. The second kappa shape index (κ2) is 13.3. The fraction of sp³-hybridized carbons (Fsp3) is 0.0588. The minimum Gasteiger partial charge on any atom is -0.423 e. The number of esters is 3. The molecule has 0 bridgehead atoms. The lowest BCUT2D eigenvalue weighted by Crippen LogP contribution is -2.29. The quantitative estimate of drug-likeness (QED) is 0.156. The van der Waals surface area contributed by atoms with Crippen molar-refractivity contribution in [1.29, 1.82) is 0 Å². The molecule has 0 fully saturated rings. The third-order valence-corrected chi connectivity index (χ3v) is 6.42. The normalized spacial score (nSPS) is 12.1. The Hall–Kier alpha value is -6.36. The standard InChI is InChI=1S/C34H24N2O9/c1-2-29(37)35-24-8-12-26(13-9-24)44-33(41)22-4-3-5-23(20-22)34(42)45-28-16-14-27(15-17-28)43-32(40)21-6-10-25(11-7-21)36-30(38)18-19-31(36)39/h3-20H,2H2,1H3,(H,35,37). The topological polar surface area (TPSA) is 145 Å². The molecule has 0 atom stereocenters. The van der Waals surface area contributed by atoms with Crippen LogP contribution in [0, 0.1) is 0 Å². The first-order valence-corrected chi connectivity index (χ1v) is 13.6. The Kier molecular flexibility index (Phi) is 8.90. The highest BCUT2D eigenvalue weighted by atomic mass is 16.5. The van der Waals surface area contributed by atoms with Crippen molar-refractivity contribution in [2.75, 3.05) is 10.2 Å². The third kappa shape index (κ3) is 7.35. The number of ether oxygens (including phenoxy) is 3. The van der Waals surface area contributed by atoms with Crippen molar-refractivity contribution >= 4 is 47.0 Å². The van der Waals surface area contributed by atoms with Crippen molar-refractivity contribution in [3.8, 4) is 17.2 Å². The molecule has 1 aliphatic heterocycles. The van der Waals surface area contributed by atoms with Crippen LogP contribution in [0.15, 0.2) is 109 Å². The maximum atomic E-state index is 12.8. The molecule has 1 heterocycles. The Balaban J connectivity index is 1.15. The molecule has 45 heavy (non-hydrogen) atoms. The van der Waals surface area contributed by atoms with Gasteiger partial charge in [0.2, 0.25) is 5.91 Å². The second-order valence-electron chi connectivity index (χ2n) is 9.54. The molecular weight excluding hydrogens is 580 g/mol. The fourth-order valence-corrected chi connectivity index (χ4v) is 4.10. The van der Waals surface area contributed by atoms with Crippen molar-refractivity contribution in [3.05, 3.63) is 126 Å². The van der Waals surface area contributed by atoms with E-state index in [4.69, 9.17) is 14.2 Å². The molecule has 5 rings (SSSR count). The van der Waals surface area contributed by atoms with Gasteiger partial charge in [-0.25, -0.2) is 19.3 Å². The molecule has 0 aliphatic carbocycles. The zero-order chi connectivity index (χ0) is 31.9. The number of nitrogens with zero attached hydrogens (tertiary/aromatic N) is 1. The number of imide groups is 1. The van der Waals surface area contributed by atoms with Gasteiger partial charge in [0.05, 0.1) is 22.4 Å². The van der Waals surface area contributed by atoms with Crippen molar-refractivity contribution in [2.24, 2.45) is 0 Å². The predicted octanol–water partition coefficient (Wildman–Crippen LogP) is 5.12. The summed E-state index contributed by atoms with van der Waals surface area (Å²) in [7, 11) is 0. The average molecular weight is 605 g/mol. The van der Waals surface area contributed by atoms with Gasteiger partial charge < -0.3 is 19.5 Å². The molecule has 11 nitrogen and oxygen atoms in total. The lowest BCUT2D eigenvalue weighted by Gasteiger charge is -2.14. The first-order chi connectivity index (χ1) is 21.7. The minimum absolute atomic E-state index is 0.106. The van der Waals surface area contributed by atoms with E-state index in [2.05, 4.69) is 5.32 Å². The van der Waals surface area contributed by atoms with Crippen LogP contribution in [0.3, 0.4) is 0 Å². The Labute approximate surface area is 256 Å². The van der Waals surface area contributed by atoms with E-state index in [1.807, 2.05) is 0 Å². The summed E-state index contributed by atoms with van der Waals surface area (Å²) in [6.07, 6.45) is 2.67. The van der Waals surface area contributed by atoms with Gasteiger partial charge in [0, 0.05) is 24.3 Å². The fourth-order valence-electron chi connectivity index (χ4n) is 4.10. The van der Waals surface area contributed by atoms with Gasteiger partial charge in [0.1, 0.15) is 17.2 Å². The lowest BCUT2D eigenvalue weighted by molar-refractivity contribution is -0.120. The first kappa shape index (κ1) is 30.1. The van der Waals surface area contributed by atoms with Gasteiger partial charge in [-0.05, 0) is 91.0 Å². The van der Waals surface area contributed by atoms with Crippen molar-refractivity contribution in [3.63, 3.8) is 0 Å². The highest BCUT2D eigenvalue weighted by Crippen LogP contribution is 2.23. The van der Waals surface area contributed by atoms with Gasteiger partial charge >= 0.3 is 17.9 Å². The summed E-state index contributed by atoms with van der Waals surface area (Å²) < 4.78 is 16.1. The van der Waals surface area contributed by atoms with Crippen molar-refractivity contribution in [2.45, 2.75) is 13.3 Å². The van der Waals surface area contributed by atoms with E-state index >= 15 is 0 Å². The zero-order valence-electron chi connectivity index (χ0n) is 23.7. The number of anilines is 2. The Morgan fingerprint density at radius 1 is 0.600 bits per heavy atom. The molecular formula is C34H24N2O9. The summed E-state index contributed by atoms with van der Waals surface area (Å²) in [6.45, 7) is 1.74. The molecule has 3 amide bonds. The smallest absolute Gasteiger partial charge is 0.343 e. The van der Waals surface area contributed by atoms with Crippen LogP contribution in [-0.2, 0) is 14.4 Å². The summed E-state index contributed by atoms with van der Waals surface area (Å²) in [5.74, 6) is -2.56. The van der Waals surface area contributed by atoms with Gasteiger partial charge in [-0.2, -0.15) is 0 Å². The number of amides is 3. The summed E-state index contributed by atoms with van der Waals surface area (Å²) in [6, 6.07) is 23.7. The number of hydrogen-bond donors (Lipinski definition) is 1. The number of carbonyl (C=O) groups is 6. The molecule has 11 heteroatoms. The summed E-state index contributed by atoms with van der Waals surface area (Å²) in [5, 5.41) is 2.70. The first-order valence-electron chi connectivity index (χ1n) is 13.6. The number of rotatable bonds is 9. The van der Waals surface area contributed by atoms with Crippen LogP contribution in [0.2, 0.25) is 0 Å². The predicted molar refractivity (Wildman–Crippen MR) is 161 cm³/mol. The van der Waals surface area contributed by atoms with E-state index in [0.717, 1.165) is 4.90 Å². The molecule has 0 saturated heterocycles. The lowest BCUT2D eigenvalue weighted by atomic mass is 10.1. The van der Waals surface area contributed by atoms with Crippen molar-refractivity contribution in [1.82, 2.24) is 0 Å². The molecule has 0 radical (unpaired) electrons. The van der Waals surface area contributed by atoms with Gasteiger partial charge in [-0.3, -0.25) is 14.4 Å². The van der Waals surface area contributed by atoms with Crippen LogP contribution in [0.1, 0.15) is 44.4 Å². The zero-order valence-corrected chi connectivity index (χ0v) is 23.7. The number of carbonyl (C=O) groups excluding carboxylic acids is 6. The van der Waals surface area contributed by atoms with Crippen LogP contribution in [0.5, 0.6) is 17.2 Å². The Morgan fingerprint density at radius 2 is 1.04 bits per heavy atom. The molecule has 4 aromatic rings. The summed E-state index contributed by atoms with van der Waals surface area (Å²) in [5.41, 5.74) is 1.31. The van der Waals surface area contributed by atoms with E-state index in [-0.39, 0.29) is 39.8 Å². The SMILES string of the molecule is CCC(=O)Nc1ccc(OC(=O)c2cccc(C(=O)Oc3ccc(OC(=O)c4ccc(N5C(=O)C=CC5=O)cc4)cc3)c2)cc1. The number of benzene rings is 4. The molecule has 1 N–H and O–H groups in total. The van der Waals surface area contributed by atoms with E-state index < -0.39 is 29.7 Å². The molecule has 1 aliphatic rings. The molecule has 0 spiro atoms. The monoisotopic (exact) mass is 604 g/mol. The second-order valence-corrected chi connectivity index (χ2v) is 9.54. The maximum Gasteiger partial charge on any atom is 0.343 e. The summed E-state index contributed by atoms with van der Waals surface area (Å²) >= 11 is 0. The maximum absolute atomic E-state index is 12.8.